The molecule has 0 aromatic heterocycles. The van der Waals surface area contributed by atoms with Gasteiger partial charge in [-0.3, -0.25) is 0 Å². The Morgan fingerprint density at radius 2 is 0.884 bits per heavy atom. The minimum Gasteiger partial charge on any atom is -0.379 e. The summed E-state index contributed by atoms with van der Waals surface area (Å²) in [6.07, 6.45) is 48.2. The van der Waals surface area contributed by atoms with Crippen LogP contribution in [0.2, 0.25) is 0 Å². The summed E-state index contributed by atoms with van der Waals surface area (Å²) in [4.78, 5) is 2.21. The Balaban J connectivity index is 3.58. The zero-order chi connectivity index (χ0) is 31.3. The number of ether oxygens (including phenoxy) is 2. The lowest BCUT2D eigenvalue weighted by Gasteiger charge is -2.21. The van der Waals surface area contributed by atoms with Gasteiger partial charge in [-0.2, -0.15) is 0 Å². The normalized spacial score (nSPS) is 13.2. The zero-order valence-corrected chi connectivity index (χ0v) is 29.6. The fourth-order valence-electron chi connectivity index (χ4n) is 5.12. The third-order valence-electron chi connectivity index (χ3n) is 7.81. The lowest BCUT2D eigenvalue weighted by Crippen LogP contribution is -2.32. The zero-order valence-electron chi connectivity index (χ0n) is 29.6. The van der Waals surface area contributed by atoms with Crippen molar-refractivity contribution in [3.63, 3.8) is 0 Å². The quantitative estimate of drug-likeness (QED) is 0.0541. The van der Waals surface area contributed by atoms with Crippen LogP contribution < -0.4 is 0 Å². The van der Waals surface area contributed by atoms with E-state index < -0.39 is 0 Å². The smallest absolute Gasteiger partial charge is 0.0934 e. The SMILES string of the molecule is CCCC/C=C\C/C=C\CCCCCCCCOCC(CN(C)C)OCCCCCCCC/C=C\C/C=C\CCCCC. The van der Waals surface area contributed by atoms with Gasteiger partial charge in [-0.25, -0.2) is 0 Å². The summed E-state index contributed by atoms with van der Waals surface area (Å²) in [5, 5.41) is 0. The molecule has 0 spiro atoms. The highest BCUT2D eigenvalue weighted by molar-refractivity contribution is 4.93. The second kappa shape index (κ2) is 37.0. The van der Waals surface area contributed by atoms with Gasteiger partial charge in [0.1, 0.15) is 0 Å². The standard InChI is InChI=1S/C40H75NO2/c1-5-7-9-11-13-15-17-19-21-23-25-27-29-31-33-35-37-43-40(38-41(3)4)39-42-36-34-32-30-28-26-24-22-20-18-16-14-12-10-8-6-2/h12-15,18-21,40H,5-11,16-17,22-39H2,1-4H3/b14-12-,15-13-,20-18-,21-19-. The van der Waals surface area contributed by atoms with Crippen molar-refractivity contribution in [1.29, 1.82) is 0 Å². The van der Waals surface area contributed by atoms with Gasteiger partial charge in [-0.1, -0.05) is 140 Å². The minimum atomic E-state index is 0.188. The fraction of sp³-hybridized carbons (Fsp3) is 0.800. The van der Waals surface area contributed by atoms with E-state index in [1.54, 1.807) is 0 Å². The molecule has 0 radical (unpaired) electrons. The molecule has 0 aliphatic carbocycles. The third-order valence-corrected chi connectivity index (χ3v) is 7.81. The van der Waals surface area contributed by atoms with Crippen LogP contribution in [0.4, 0.5) is 0 Å². The summed E-state index contributed by atoms with van der Waals surface area (Å²) in [5.41, 5.74) is 0. The number of likely N-dealkylation sites (N-methyl/N-ethyl adjacent to an activating group) is 1. The van der Waals surface area contributed by atoms with Crippen LogP contribution in [0.15, 0.2) is 48.6 Å². The van der Waals surface area contributed by atoms with Crippen molar-refractivity contribution in [2.24, 2.45) is 0 Å². The van der Waals surface area contributed by atoms with Gasteiger partial charge >= 0.3 is 0 Å². The third kappa shape index (κ3) is 36.9. The number of unbranched alkanes of at least 4 members (excludes halogenated alkanes) is 17. The Bertz CT molecular complexity index is 636. The van der Waals surface area contributed by atoms with Gasteiger partial charge in [-0.15, -0.1) is 0 Å². The van der Waals surface area contributed by atoms with Crippen molar-refractivity contribution in [2.45, 2.75) is 168 Å². The van der Waals surface area contributed by atoms with E-state index in [0.717, 1.165) is 39.2 Å². The van der Waals surface area contributed by atoms with Crippen molar-refractivity contribution in [3.05, 3.63) is 48.6 Å². The Morgan fingerprint density at radius 1 is 0.465 bits per heavy atom. The Labute approximate surface area is 270 Å². The van der Waals surface area contributed by atoms with Crippen LogP contribution >= 0.6 is 0 Å². The van der Waals surface area contributed by atoms with Crippen molar-refractivity contribution in [2.75, 3.05) is 40.5 Å². The molecule has 0 rings (SSSR count). The Hall–Kier alpha value is -1.16. The van der Waals surface area contributed by atoms with E-state index in [1.807, 2.05) is 0 Å². The first-order chi connectivity index (χ1) is 21.2. The predicted molar refractivity (Wildman–Crippen MR) is 193 cm³/mol. The van der Waals surface area contributed by atoms with Crippen LogP contribution in [-0.4, -0.2) is 51.5 Å². The first-order valence-corrected chi connectivity index (χ1v) is 18.6. The van der Waals surface area contributed by atoms with Crippen molar-refractivity contribution >= 4 is 0 Å². The number of allylic oxidation sites excluding steroid dienone is 8. The highest BCUT2D eigenvalue weighted by Crippen LogP contribution is 2.10. The number of rotatable bonds is 34. The molecule has 0 bridgehead atoms. The molecule has 0 aliphatic rings. The first-order valence-electron chi connectivity index (χ1n) is 18.6. The molecule has 3 heteroatoms. The molecular formula is C40H75NO2. The molecule has 0 aliphatic heterocycles. The molecule has 3 nitrogen and oxygen atoms in total. The first kappa shape index (κ1) is 41.8. The van der Waals surface area contributed by atoms with Gasteiger partial charge in [-0.05, 0) is 84.7 Å². The molecule has 0 aromatic rings. The summed E-state index contributed by atoms with van der Waals surface area (Å²) in [5.74, 6) is 0. The van der Waals surface area contributed by atoms with Gasteiger partial charge in [0.25, 0.3) is 0 Å². The average molecular weight is 602 g/mol. The largest absolute Gasteiger partial charge is 0.379 e. The van der Waals surface area contributed by atoms with Crippen LogP contribution in [0.3, 0.4) is 0 Å². The monoisotopic (exact) mass is 602 g/mol. The van der Waals surface area contributed by atoms with Gasteiger partial charge in [0.05, 0.1) is 12.7 Å². The number of hydrogen-bond acceptors (Lipinski definition) is 3. The van der Waals surface area contributed by atoms with E-state index in [4.69, 9.17) is 9.47 Å². The van der Waals surface area contributed by atoms with E-state index in [9.17, 15) is 0 Å². The van der Waals surface area contributed by atoms with Crippen LogP contribution in [0.25, 0.3) is 0 Å². The molecule has 0 aromatic carbocycles. The second-order valence-corrected chi connectivity index (χ2v) is 12.6. The van der Waals surface area contributed by atoms with Gasteiger partial charge < -0.3 is 14.4 Å². The van der Waals surface area contributed by atoms with E-state index in [0.29, 0.717) is 0 Å². The van der Waals surface area contributed by atoms with Gasteiger partial charge in [0.15, 0.2) is 0 Å². The van der Waals surface area contributed by atoms with Gasteiger partial charge in [0.2, 0.25) is 0 Å². The summed E-state index contributed by atoms with van der Waals surface area (Å²) < 4.78 is 12.2. The summed E-state index contributed by atoms with van der Waals surface area (Å²) in [6.45, 7) is 7.90. The molecule has 0 fully saturated rings. The molecule has 0 saturated heterocycles. The van der Waals surface area contributed by atoms with Crippen LogP contribution in [0.5, 0.6) is 0 Å². The summed E-state index contributed by atoms with van der Waals surface area (Å²) in [6, 6.07) is 0. The molecule has 0 amide bonds. The lowest BCUT2D eigenvalue weighted by molar-refractivity contribution is -0.0287. The van der Waals surface area contributed by atoms with Crippen LogP contribution in [0, 0.1) is 0 Å². The van der Waals surface area contributed by atoms with Crippen LogP contribution in [0.1, 0.15) is 162 Å². The predicted octanol–water partition coefficient (Wildman–Crippen LogP) is 12.2. The molecule has 0 N–H and O–H groups in total. The fourth-order valence-corrected chi connectivity index (χ4v) is 5.12. The maximum atomic E-state index is 6.21. The second-order valence-electron chi connectivity index (χ2n) is 12.6. The molecule has 0 heterocycles. The minimum absolute atomic E-state index is 0.188. The number of hydrogen-bond donors (Lipinski definition) is 0. The molecule has 252 valence electrons. The van der Waals surface area contributed by atoms with E-state index in [1.165, 1.54) is 135 Å². The van der Waals surface area contributed by atoms with E-state index >= 15 is 0 Å². The average Bonchev–Trinajstić information content (AvgIpc) is 2.99. The summed E-state index contributed by atoms with van der Waals surface area (Å²) in [7, 11) is 4.25. The maximum absolute atomic E-state index is 6.21. The van der Waals surface area contributed by atoms with E-state index in [2.05, 4.69) is 81.5 Å². The maximum Gasteiger partial charge on any atom is 0.0934 e. The Kier molecular flexibility index (Phi) is 36.0. The molecule has 0 saturated carbocycles. The van der Waals surface area contributed by atoms with Gasteiger partial charge in [0, 0.05) is 19.8 Å². The molecular weight excluding hydrogens is 526 g/mol. The molecule has 1 atom stereocenters. The molecule has 1 unspecified atom stereocenters. The highest BCUT2D eigenvalue weighted by Gasteiger charge is 2.10. The van der Waals surface area contributed by atoms with Crippen molar-refractivity contribution < 1.29 is 9.47 Å². The topological polar surface area (TPSA) is 21.7 Å². The van der Waals surface area contributed by atoms with Crippen molar-refractivity contribution in [3.8, 4) is 0 Å². The summed E-state index contributed by atoms with van der Waals surface area (Å²) >= 11 is 0. The number of nitrogens with zero attached hydrogens (tertiary/aromatic N) is 1. The molecule has 43 heavy (non-hydrogen) atoms. The van der Waals surface area contributed by atoms with E-state index in [-0.39, 0.29) is 6.10 Å². The lowest BCUT2D eigenvalue weighted by atomic mass is 10.1. The van der Waals surface area contributed by atoms with Crippen LogP contribution in [-0.2, 0) is 9.47 Å². The van der Waals surface area contributed by atoms with Crippen molar-refractivity contribution in [1.82, 2.24) is 4.90 Å². The highest BCUT2D eigenvalue weighted by atomic mass is 16.5. The Morgan fingerprint density at radius 3 is 1.37 bits per heavy atom.